The molecule has 2 aromatic heterocycles. The Hall–Kier alpha value is -4.81. The summed E-state index contributed by atoms with van der Waals surface area (Å²) in [7, 11) is 0. The van der Waals surface area contributed by atoms with Crippen LogP contribution >= 0.6 is 0 Å². The Labute approximate surface area is 315 Å². The van der Waals surface area contributed by atoms with E-state index in [1.54, 1.807) is 24.3 Å². The molecule has 5 rings (SSSR count). The van der Waals surface area contributed by atoms with Crippen LogP contribution in [-0.4, -0.2) is 63.8 Å². The molecule has 54 heavy (non-hydrogen) atoms. The van der Waals surface area contributed by atoms with Crippen molar-refractivity contribution >= 4 is 17.4 Å². The SMILES string of the molecule is C=CCOC1(C)CCN(c2c(C(OC(C)(C)C)C(=O)O)c(C)c(C)c3nc(-c4cccc(-c5cc(OC(F)(F)F)ccc5O[C@@H](C)CC=C)c4)cn23)CC1. The number of hydrogen-bond donors (Lipinski definition) is 1. The number of aryl methyl sites for hydroxylation is 1. The van der Waals surface area contributed by atoms with Gasteiger partial charge in [-0.2, -0.15) is 0 Å². The molecule has 1 aliphatic rings. The summed E-state index contributed by atoms with van der Waals surface area (Å²) < 4.78 is 64.5. The van der Waals surface area contributed by atoms with Crippen molar-refractivity contribution in [2.24, 2.45) is 0 Å². The second-order valence-corrected chi connectivity index (χ2v) is 15.0. The zero-order valence-electron chi connectivity index (χ0n) is 32.0. The number of piperidine rings is 1. The first-order valence-corrected chi connectivity index (χ1v) is 18.0. The van der Waals surface area contributed by atoms with Crippen LogP contribution in [0.1, 0.15) is 76.7 Å². The van der Waals surface area contributed by atoms with Gasteiger partial charge in [0.2, 0.25) is 0 Å². The summed E-state index contributed by atoms with van der Waals surface area (Å²) in [4.78, 5) is 20.2. The summed E-state index contributed by atoms with van der Waals surface area (Å²) in [5.41, 5.74) is 3.89. The molecule has 1 saturated heterocycles. The number of halogens is 3. The largest absolute Gasteiger partial charge is 0.573 e. The van der Waals surface area contributed by atoms with E-state index >= 15 is 0 Å². The van der Waals surface area contributed by atoms with Crippen LogP contribution in [0.4, 0.5) is 19.0 Å². The van der Waals surface area contributed by atoms with Gasteiger partial charge >= 0.3 is 12.3 Å². The minimum atomic E-state index is -4.87. The lowest BCUT2D eigenvalue weighted by Gasteiger charge is -2.41. The average Bonchev–Trinajstić information content (AvgIpc) is 3.54. The standard InChI is InChI=1S/C42H50F3N3O6/c1-10-13-26(3)52-34-17-16-31(53-42(43,44)45)24-32(34)29-14-12-15-30(23-29)33-25-48-37(46-33)28(5)27(4)35(36(39(49)50)54-40(6,7)8)38(48)47-20-18-41(9,19-21-47)51-22-11-2/h10-12,14-17,23-26,36H,1-2,13,18-22H2,3-9H3,(H,49,50)/t26-,36?/m0/s1. The van der Waals surface area contributed by atoms with Gasteiger partial charge in [0.1, 0.15) is 23.0 Å². The average molecular weight is 750 g/mol. The molecule has 4 aromatic rings. The predicted molar refractivity (Wildman–Crippen MR) is 204 cm³/mol. The maximum absolute atomic E-state index is 13.3. The van der Waals surface area contributed by atoms with E-state index in [-0.39, 0.29) is 17.5 Å². The lowest BCUT2D eigenvalue weighted by Crippen LogP contribution is -2.45. The van der Waals surface area contributed by atoms with Crippen molar-refractivity contribution in [3.63, 3.8) is 0 Å². The van der Waals surface area contributed by atoms with E-state index in [0.29, 0.717) is 84.1 Å². The van der Waals surface area contributed by atoms with E-state index in [1.165, 1.54) is 18.2 Å². The molecular formula is C42H50F3N3O6. The number of carboxylic acids is 1. The molecule has 2 atom stereocenters. The molecule has 0 radical (unpaired) electrons. The molecular weight excluding hydrogens is 699 g/mol. The van der Waals surface area contributed by atoms with Gasteiger partial charge < -0.3 is 29.0 Å². The number of hydrogen-bond acceptors (Lipinski definition) is 7. The van der Waals surface area contributed by atoms with Gasteiger partial charge in [-0.05, 0) is 102 Å². The van der Waals surface area contributed by atoms with Crippen molar-refractivity contribution in [2.45, 2.75) is 97.5 Å². The first kappa shape index (κ1) is 40.4. The van der Waals surface area contributed by atoms with Crippen molar-refractivity contribution in [1.29, 1.82) is 0 Å². The van der Waals surface area contributed by atoms with Gasteiger partial charge in [0, 0.05) is 42.4 Å². The smallest absolute Gasteiger partial charge is 0.490 e. The Morgan fingerprint density at radius 1 is 1.04 bits per heavy atom. The Morgan fingerprint density at radius 2 is 1.72 bits per heavy atom. The number of alkyl halides is 3. The van der Waals surface area contributed by atoms with Gasteiger partial charge in [0.25, 0.3) is 0 Å². The topological polar surface area (TPSA) is 94.8 Å². The van der Waals surface area contributed by atoms with E-state index in [1.807, 2.05) is 64.3 Å². The summed E-state index contributed by atoms with van der Waals surface area (Å²) in [6.45, 7) is 22.4. The van der Waals surface area contributed by atoms with Crippen molar-refractivity contribution < 1.29 is 42.0 Å². The molecule has 0 spiro atoms. The molecule has 9 nitrogen and oxygen atoms in total. The molecule has 3 heterocycles. The number of carboxylic acid groups (broad SMARTS) is 1. The van der Waals surface area contributed by atoms with Crippen LogP contribution in [0.2, 0.25) is 0 Å². The van der Waals surface area contributed by atoms with Crippen molar-refractivity contribution in [3.8, 4) is 33.9 Å². The van der Waals surface area contributed by atoms with E-state index in [4.69, 9.17) is 19.2 Å². The second-order valence-electron chi connectivity index (χ2n) is 15.0. The lowest BCUT2D eigenvalue weighted by atomic mass is 9.92. The fraction of sp³-hybridized carbons (Fsp3) is 0.429. The molecule has 290 valence electrons. The molecule has 0 saturated carbocycles. The quantitative estimate of drug-likeness (QED) is 0.127. The number of anilines is 1. The van der Waals surface area contributed by atoms with Gasteiger partial charge in [0.15, 0.2) is 6.10 Å². The third kappa shape index (κ3) is 9.27. The van der Waals surface area contributed by atoms with Crippen LogP contribution in [0.5, 0.6) is 11.5 Å². The number of ether oxygens (including phenoxy) is 4. The highest BCUT2D eigenvalue weighted by molar-refractivity contribution is 5.82. The number of rotatable bonds is 14. The number of fused-ring (bicyclic) bond motifs is 1. The molecule has 0 aliphatic carbocycles. The van der Waals surface area contributed by atoms with Crippen molar-refractivity contribution in [2.75, 3.05) is 24.6 Å². The highest BCUT2D eigenvalue weighted by Crippen LogP contribution is 2.42. The van der Waals surface area contributed by atoms with Gasteiger partial charge in [-0.3, -0.25) is 4.40 Å². The lowest BCUT2D eigenvalue weighted by molar-refractivity contribution is -0.274. The summed E-state index contributed by atoms with van der Waals surface area (Å²) in [6, 6.07) is 11.3. The number of nitrogens with zero attached hydrogens (tertiary/aromatic N) is 3. The molecule has 12 heteroatoms. The fourth-order valence-electron chi connectivity index (χ4n) is 6.81. The number of carbonyl (C=O) groups is 1. The summed E-state index contributed by atoms with van der Waals surface area (Å²) >= 11 is 0. The Balaban J connectivity index is 1.68. The van der Waals surface area contributed by atoms with Crippen LogP contribution in [-0.2, 0) is 14.3 Å². The first-order valence-electron chi connectivity index (χ1n) is 18.0. The highest BCUT2D eigenvalue weighted by Gasteiger charge is 2.38. The van der Waals surface area contributed by atoms with Gasteiger partial charge in [0.05, 0.1) is 29.6 Å². The fourth-order valence-corrected chi connectivity index (χ4v) is 6.81. The van der Waals surface area contributed by atoms with Gasteiger partial charge in [-0.1, -0.05) is 30.4 Å². The summed E-state index contributed by atoms with van der Waals surface area (Å²) in [5, 5.41) is 10.6. The number of aromatic nitrogens is 2. The minimum Gasteiger partial charge on any atom is -0.490 e. The second kappa shape index (κ2) is 15.9. The van der Waals surface area contributed by atoms with E-state index in [2.05, 4.69) is 29.7 Å². The van der Waals surface area contributed by atoms with Crippen LogP contribution in [0.3, 0.4) is 0 Å². The molecule has 2 aromatic carbocycles. The van der Waals surface area contributed by atoms with Gasteiger partial charge in [-0.15, -0.1) is 26.3 Å². The van der Waals surface area contributed by atoms with Crippen LogP contribution in [0, 0.1) is 13.8 Å². The summed E-state index contributed by atoms with van der Waals surface area (Å²) in [5.74, 6) is -0.415. The molecule has 1 unspecified atom stereocenters. The monoisotopic (exact) mass is 749 g/mol. The molecule has 1 fully saturated rings. The normalized spacial score (nSPS) is 15.9. The third-order valence-electron chi connectivity index (χ3n) is 9.59. The number of benzene rings is 2. The van der Waals surface area contributed by atoms with Crippen molar-refractivity contribution in [1.82, 2.24) is 9.38 Å². The molecule has 0 amide bonds. The third-order valence-corrected chi connectivity index (χ3v) is 9.59. The molecule has 0 bridgehead atoms. The predicted octanol–water partition coefficient (Wildman–Crippen LogP) is 10.0. The van der Waals surface area contributed by atoms with E-state index in [9.17, 15) is 23.1 Å². The minimum absolute atomic E-state index is 0.283. The zero-order valence-corrected chi connectivity index (χ0v) is 32.0. The van der Waals surface area contributed by atoms with E-state index in [0.717, 1.165) is 11.1 Å². The van der Waals surface area contributed by atoms with Crippen LogP contribution in [0.25, 0.3) is 28.0 Å². The maximum Gasteiger partial charge on any atom is 0.573 e. The first-order chi connectivity index (χ1) is 25.3. The molecule has 1 aliphatic heterocycles. The molecule has 1 N–H and O–H groups in total. The maximum atomic E-state index is 13.3. The summed E-state index contributed by atoms with van der Waals surface area (Å²) in [6.07, 6.45) is 0.833. The number of pyridine rings is 1. The van der Waals surface area contributed by atoms with Gasteiger partial charge in [-0.25, -0.2) is 9.78 Å². The van der Waals surface area contributed by atoms with Crippen molar-refractivity contribution in [3.05, 3.63) is 90.7 Å². The Morgan fingerprint density at radius 3 is 2.33 bits per heavy atom. The Bertz CT molecular complexity index is 2010. The number of aliphatic carboxylic acids is 1. The van der Waals surface area contributed by atoms with Crippen LogP contribution in [0.15, 0.2) is 74.0 Å². The van der Waals surface area contributed by atoms with Crippen LogP contribution < -0.4 is 14.4 Å². The highest BCUT2D eigenvalue weighted by atomic mass is 19.4. The number of imidazole rings is 1. The Kier molecular flexibility index (Phi) is 11.9. The zero-order chi connectivity index (χ0) is 39.6. The van der Waals surface area contributed by atoms with E-state index < -0.39 is 24.0 Å².